The van der Waals surface area contributed by atoms with Gasteiger partial charge in [-0.05, 0) is 50.4 Å². The minimum absolute atomic E-state index is 0.112. The van der Waals surface area contributed by atoms with Crippen molar-refractivity contribution < 1.29 is 9.84 Å². The second-order valence-electron chi connectivity index (χ2n) is 6.25. The summed E-state index contributed by atoms with van der Waals surface area (Å²) in [4.78, 5) is 2.54. The van der Waals surface area contributed by atoms with Crippen LogP contribution in [-0.4, -0.2) is 49.4 Å². The van der Waals surface area contributed by atoms with E-state index in [0.29, 0.717) is 12.1 Å². The standard InChI is InChI=1S/C18H30N2O2/c1-15(17-6-3-5-16(13-17)14-21)19-18-7-10-20(11-8-18)9-4-12-22-2/h3,5-6,13,15,18-19,21H,4,7-12,14H2,1-2H3. The largest absolute Gasteiger partial charge is 0.392 e. The molecule has 1 heterocycles. The number of rotatable bonds is 8. The Morgan fingerprint density at radius 2 is 2.14 bits per heavy atom. The average molecular weight is 306 g/mol. The molecule has 0 amide bonds. The van der Waals surface area contributed by atoms with Crippen molar-refractivity contribution in [3.63, 3.8) is 0 Å². The molecule has 4 heteroatoms. The Kier molecular flexibility index (Phi) is 7.33. The molecule has 0 aromatic heterocycles. The fraction of sp³-hybridized carbons (Fsp3) is 0.667. The Bertz CT molecular complexity index is 431. The van der Waals surface area contributed by atoms with Gasteiger partial charge in [0.25, 0.3) is 0 Å². The number of aliphatic hydroxyl groups is 1. The number of nitrogens with zero attached hydrogens (tertiary/aromatic N) is 1. The molecule has 0 saturated carbocycles. The van der Waals surface area contributed by atoms with E-state index in [-0.39, 0.29) is 6.61 Å². The van der Waals surface area contributed by atoms with Crippen LogP contribution in [0.5, 0.6) is 0 Å². The molecule has 1 aromatic rings. The first-order valence-electron chi connectivity index (χ1n) is 8.40. The van der Waals surface area contributed by atoms with Crippen LogP contribution >= 0.6 is 0 Å². The quantitative estimate of drug-likeness (QED) is 0.724. The lowest BCUT2D eigenvalue weighted by molar-refractivity contribution is 0.151. The van der Waals surface area contributed by atoms with E-state index in [0.717, 1.165) is 25.1 Å². The van der Waals surface area contributed by atoms with Crippen LogP contribution in [0.1, 0.15) is 43.4 Å². The van der Waals surface area contributed by atoms with E-state index >= 15 is 0 Å². The smallest absolute Gasteiger partial charge is 0.0681 e. The van der Waals surface area contributed by atoms with Gasteiger partial charge in [-0.1, -0.05) is 24.3 Å². The van der Waals surface area contributed by atoms with E-state index in [1.807, 2.05) is 12.1 Å². The normalized spacial score (nSPS) is 18.5. The molecule has 0 radical (unpaired) electrons. The fourth-order valence-electron chi connectivity index (χ4n) is 3.17. The highest BCUT2D eigenvalue weighted by atomic mass is 16.5. The third kappa shape index (κ3) is 5.36. The highest BCUT2D eigenvalue weighted by Gasteiger charge is 2.20. The highest BCUT2D eigenvalue weighted by molar-refractivity contribution is 5.25. The molecule has 1 unspecified atom stereocenters. The average Bonchev–Trinajstić information content (AvgIpc) is 2.56. The SMILES string of the molecule is COCCCN1CCC(NC(C)c2cccc(CO)c2)CC1. The van der Waals surface area contributed by atoms with Gasteiger partial charge in [0, 0.05) is 32.3 Å². The van der Waals surface area contributed by atoms with Crippen molar-refractivity contribution in [3.8, 4) is 0 Å². The van der Waals surface area contributed by atoms with Gasteiger partial charge in [0.15, 0.2) is 0 Å². The van der Waals surface area contributed by atoms with Crippen molar-refractivity contribution in [2.24, 2.45) is 0 Å². The number of likely N-dealkylation sites (tertiary alicyclic amines) is 1. The first-order valence-corrected chi connectivity index (χ1v) is 8.40. The number of hydrogen-bond acceptors (Lipinski definition) is 4. The lowest BCUT2D eigenvalue weighted by Crippen LogP contribution is -2.43. The minimum Gasteiger partial charge on any atom is -0.392 e. The van der Waals surface area contributed by atoms with Crippen LogP contribution in [0.3, 0.4) is 0 Å². The van der Waals surface area contributed by atoms with Crippen molar-refractivity contribution in [2.45, 2.75) is 44.9 Å². The molecular formula is C18H30N2O2. The number of benzene rings is 1. The third-order valence-electron chi connectivity index (χ3n) is 4.53. The summed E-state index contributed by atoms with van der Waals surface area (Å²) in [6.45, 7) is 6.67. The Labute approximate surface area is 134 Å². The Balaban J connectivity index is 1.75. The number of methoxy groups -OCH3 is 1. The Morgan fingerprint density at radius 1 is 1.36 bits per heavy atom. The van der Waals surface area contributed by atoms with Crippen molar-refractivity contribution in [3.05, 3.63) is 35.4 Å². The molecular weight excluding hydrogens is 276 g/mol. The second-order valence-corrected chi connectivity index (χ2v) is 6.25. The molecule has 1 aromatic carbocycles. The Morgan fingerprint density at radius 3 is 2.82 bits per heavy atom. The summed E-state index contributed by atoms with van der Waals surface area (Å²) >= 11 is 0. The molecule has 0 spiro atoms. The van der Waals surface area contributed by atoms with Crippen LogP contribution in [0, 0.1) is 0 Å². The van der Waals surface area contributed by atoms with Crippen LogP contribution in [-0.2, 0) is 11.3 Å². The molecule has 0 aliphatic carbocycles. The van der Waals surface area contributed by atoms with Crippen molar-refractivity contribution in [1.82, 2.24) is 10.2 Å². The topological polar surface area (TPSA) is 44.7 Å². The zero-order chi connectivity index (χ0) is 15.8. The maximum Gasteiger partial charge on any atom is 0.0681 e. The summed E-state index contributed by atoms with van der Waals surface area (Å²) in [7, 11) is 1.77. The predicted octanol–water partition coefficient (Wildman–Crippen LogP) is 2.33. The molecule has 4 nitrogen and oxygen atoms in total. The molecule has 1 aliphatic heterocycles. The van der Waals surface area contributed by atoms with E-state index in [1.165, 1.54) is 31.5 Å². The van der Waals surface area contributed by atoms with Gasteiger partial charge in [-0.25, -0.2) is 0 Å². The maximum absolute atomic E-state index is 9.25. The fourth-order valence-corrected chi connectivity index (χ4v) is 3.17. The summed E-state index contributed by atoms with van der Waals surface area (Å²) in [6.07, 6.45) is 3.53. The molecule has 1 fully saturated rings. The molecule has 22 heavy (non-hydrogen) atoms. The number of nitrogens with one attached hydrogen (secondary N) is 1. The van der Waals surface area contributed by atoms with Crippen LogP contribution in [0.25, 0.3) is 0 Å². The monoisotopic (exact) mass is 306 g/mol. The molecule has 2 N–H and O–H groups in total. The molecule has 2 rings (SSSR count). The van der Waals surface area contributed by atoms with Crippen LogP contribution < -0.4 is 5.32 Å². The van der Waals surface area contributed by atoms with Gasteiger partial charge < -0.3 is 20.1 Å². The van der Waals surface area contributed by atoms with Crippen LogP contribution in [0.15, 0.2) is 24.3 Å². The van der Waals surface area contributed by atoms with Crippen molar-refractivity contribution >= 4 is 0 Å². The number of aliphatic hydroxyl groups excluding tert-OH is 1. The summed E-state index contributed by atoms with van der Waals surface area (Å²) < 4.78 is 5.12. The van der Waals surface area contributed by atoms with E-state index in [1.54, 1.807) is 7.11 Å². The van der Waals surface area contributed by atoms with Gasteiger partial charge in [0.1, 0.15) is 0 Å². The first kappa shape index (κ1) is 17.4. The van der Waals surface area contributed by atoms with Crippen molar-refractivity contribution in [2.75, 3.05) is 33.4 Å². The molecule has 124 valence electrons. The van der Waals surface area contributed by atoms with Crippen LogP contribution in [0.2, 0.25) is 0 Å². The second kappa shape index (κ2) is 9.26. The Hall–Kier alpha value is -0.940. The van der Waals surface area contributed by atoms with Gasteiger partial charge in [0.05, 0.1) is 6.61 Å². The minimum atomic E-state index is 0.112. The van der Waals surface area contributed by atoms with Gasteiger partial charge in [0.2, 0.25) is 0 Å². The molecule has 0 bridgehead atoms. The highest BCUT2D eigenvalue weighted by Crippen LogP contribution is 2.18. The molecule has 1 atom stereocenters. The van der Waals surface area contributed by atoms with Crippen LogP contribution in [0.4, 0.5) is 0 Å². The van der Waals surface area contributed by atoms with E-state index in [2.05, 4.69) is 29.3 Å². The van der Waals surface area contributed by atoms with Gasteiger partial charge >= 0.3 is 0 Å². The zero-order valence-corrected chi connectivity index (χ0v) is 13.9. The van der Waals surface area contributed by atoms with Crippen molar-refractivity contribution in [1.29, 1.82) is 0 Å². The third-order valence-corrected chi connectivity index (χ3v) is 4.53. The summed E-state index contributed by atoms with van der Waals surface area (Å²) in [6, 6.07) is 9.14. The first-order chi connectivity index (χ1) is 10.7. The maximum atomic E-state index is 9.25. The van der Waals surface area contributed by atoms with E-state index < -0.39 is 0 Å². The van der Waals surface area contributed by atoms with E-state index in [9.17, 15) is 5.11 Å². The van der Waals surface area contributed by atoms with Gasteiger partial charge in [-0.2, -0.15) is 0 Å². The zero-order valence-electron chi connectivity index (χ0n) is 13.9. The summed E-state index contributed by atoms with van der Waals surface area (Å²) in [5.41, 5.74) is 2.24. The number of hydrogen-bond donors (Lipinski definition) is 2. The number of ether oxygens (including phenoxy) is 1. The predicted molar refractivity (Wildman–Crippen MR) is 89.9 cm³/mol. The van der Waals surface area contributed by atoms with Gasteiger partial charge in [-0.15, -0.1) is 0 Å². The molecule has 1 saturated heterocycles. The summed E-state index contributed by atoms with van der Waals surface area (Å²) in [5, 5.41) is 13.0. The lowest BCUT2D eigenvalue weighted by Gasteiger charge is -2.34. The van der Waals surface area contributed by atoms with E-state index in [4.69, 9.17) is 4.74 Å². The lowest BCUT2D eigenvalue weighted by atomic mass is 10.0. The molecule has 1 aliphatic rings. The van der Waals surface area contributed by atoms with Gasteiger partial charge in [-0.3, -0.25) is 0 Å². The summed E-state index contributed by atoms with van der Waals surface area (Å²) in [5.74, 6) is 0. The number of piperidine rings is 1.